The fraction of sp³-hybridized carbons (Fsp3) is 0. The summed E-state index contributed by atoms with van der Waals surface area (Å²) in [4.78, 5) is 11.4. The standard InChI is InChI=1S/C11H9NO2/c1-7(12)9-6-8-4-2-3-5-10(8)14-11(9)13/h2-6H,1,12H2. The molecule has 0 aliphatic carbocycles. The van der Waals surface area contributed by atoms with Crippen LogP contribution < -0.4 is 11.4 Å². The third-order valence-electron chi connectivity index (χ3n) is 1.99. The highest BCUT2D eigenvalue weighted by molar-refractivity contribution is 5.79. The van der Waals surface area contributed by atoms with E-state index in [9.17, 15) is 4.79 Å². The van der Waals surface area contributed by atoms with Crippen LogP contribution in [0.25, 0.3) is 16.7 Å². The Kier molecular flexibility index (Phi) is 1.85. The Hall–Kier alpha value is -2.03. The van der Waals surface area contributed by atoms with Gasteiger partial charge in [-0.05, 0) is 12.1 Å². The molecule has 1 aromatic heterocycles. The van der Waals surface area contributed by atoms with Crippen LogP contribution in [0.3, 0.4) is 0 Å². The van der Waals surface area contributed by atoms with Crippen molar-refractivity contribution in [2.75, 3.05) is 0 Å². The van der Waals surface area contributed by atoms with E-state index < -0.39 is 5.63 Å². The lowest BCUT2D eigenvalue weighted by molar-refractivity contribution is 0.558. The maximum absolute atomic E-state index is 11.4. The van der Waals surface area contributed by atoms with E-state index in [4.69, 9.17) is 10.2 Å². The summed E-state index contributed by atoms with van der Waals surface area (Å²) in [6, 6.07) is 8.95. The third-order valence-corrected chi connectivity index (χ3v) is 1.99. The molecular formula is C11H9NO2. The summed E-state index contributed by atoms with van der Waals surface area (Å²) in [5.41, 5.74) is 6.11. The molecular weight excluding hydrogens is 178 g/mol. The molecule has 2 rings (SSSR count). The minimum atomic E-state index is -0.448. The molecule has 0 amide bonds. The summed E-state index contributed by atoms with van der Waals surface area (Å²) in [6.07, 6.45) is 0. The fourth-order valence-electron chi connectivity index (χ4n) is 1.29. The van der Waals surface area contributed by atoms with Crippen LogP contribution in [0, 0.1) is 0 Å². The number of fused-ring (bicyclic) bond motifs is 1. The topological polar surface area (TPSA) is 56.2 Å². The predicted octanol–water partition coefficient (Wildman–Crippen LogP) is 1.72. The van der Waals surface area contributed by atoms with Gasteiger partial charge < -0.3 is 10.2 Å². The van der Waals surface area contributed by atoms with Gasteiger partial charge in [0.25, 0.3) is 0 Å². The van der Waals surface area contributed by atoms with Crippen molar-refractivity contribution in [3.63, 3.8) is 0 Å². The maximum atomic E-state index is 11.4. The van der Waals surface area contributed by atoms with Crippen molar-refractivity contribution in [3.05, 3.63) is 52.9 Å². The molecule has 0 saturated heterocycles. The second-order valence-electron chi connectivity index (χ2n) is 3.01. The van der Waals surface area contributed by atoms with Crippen LogP contribution in [0.2, 0.25) is 0 Å². The second kappa shape index (κ2) is 3.03. The van der Waals surface area contributed by atoms with E-state index in [1.165, 1.54) is 0 Å². The molecule has 0 aliphatic rings. The molecule has 14 heavy (non-hydrogen) atoms. The van der Waals surface area contributed by atoms with Crippen LogP contribution in [-0.4, -0.2) is 0 Å². The molecule has 1 heterocycles. The molecule has 0 saturated carbocycles. The van der Waals surface area contributed by atoms with E-state index in [0.29, 0.717) is 11.1 Å². The second-order valence-corrected chi connectivity index (χ2v) is 3.01. The Labute approximate surface area is 80.5 Å². The lowest BCUT2D eigenvalue weighted by Crippen LogP contribution is -2.09. The Bertz CT molecular complexity index is 554. The minimum Gasteiger partial charge on any atom is -0.422 e. The van der Waals surface area contributed by atoms with Gasteiger partial charge >= 0.3 is 5.63 Å². The molecule has 0 aliphatic heterocycles. The normalized spacial score (nSPS) is 10.3. The van der Waals surface area contributed by atoms with E-state index in [1.807, 2.05) is 18.2 Å². The summed E-state index contributed by atoms with van der Waals surface area (Å²) in [5.74, 6) is 0. The first-order valence-electron chi connectivity index (χ1n) is 4.16. The minimum absolute atomic E-state index is 0.226. The fourth-order valence-corrected chi connectivity index (χ4v) is 1.29. The zero-order valence-electron chi connectivity index (χ0n) is 7.49. The van der Waals surface area contributed by atoms with Gasteiger partial charge in [0.05, 0.1) is 5.56 Å². The zero-order valence-corrected chi connectivity index (χ0v) is 7.49. The van der Waals surface area contributed by atoms with E-state index in [1.54, 1.807) is 12.1 Å². The number of hydrogen-bond acceptors (Lipinski definition) is 3. The van der Waals surface area contributed by atoms with Gasteiger partial charge in [0.15, 0.2) is 0 Å². The van der Waals surface area contributed by atoms with Crippen LogP contribution in [0.1, 0.15) is 5.56 Å². The largest absolute Gasteiger partial charge is 0.422 e. The van der Waals surface area contributed by atoms with E-state index in [-0.39, 0.29) is 5.70 Å². The van der Waals surface area contributed by atoms with Crippen molar-refractivity contribution in [2.24, 2.45) is 5.73 Å². The SMILES string of the molecule is C=C(N)c1cc2ccccc2oc1=O. The molecule has 3 heteroatoms. The van der Waals surface area contributed by atoms with Gasteiger partial charge in [-0.25, -0.2) is 4.79 Å². The van der Waals surface area contributed by atoms with Crippen molar-refractivity contribution in [2.45, 2.75) is 0 Å². The molecule has 2 N–H and O–H groups in total. The van der Waals surface area contributed by atoms with Gasteiger partial charge in [0, 0.05) is 11.1 Å². The number of hydrogen-bond donors (Lipinski definition) is 1. The van der Waals surface area contributed by atoms with Gasteiger partial charge in [-0.15, -0.1) is 0 Å². The highest BCUT2D eigenvalue weighted by Gasteiger charge is 2.04. The lowest BCUT2D eigenvalue weighted by Gasteiger charge is -1.99. The highest BCUT2D eigenvalue weighted by Crippen LogP contribution is 2.14. The number of nitrogens with two attached hydrogens (primary N) is 1. The first kappa shape index (κ1) is 8.56. The Balaban J connectivity index is 2.84. The zero-order chi connectivity index (χ0) is 10.1. The van der Waals surface area contributed by atoms with Crippen molar-refractivity contribution in [1.82, 2.24) is 0 Å². The smallest absolute Gasteiger partial charge is 0.345 e. The van der Waals surface area contributed by atoms with Crippen molar-refractivity contribution in [1.29, 1.82) is 0 Å². The van der Waals surface area contributed by atoms with Crippen LogP contribution in [0.4, 0.5) is 0 Å². The Morgan fingerprint density at radius 3 is 2.79 bits per heavy atom. The molecule has 70 valence electrons. The number of rotatable bonds is 1. The molecule has 3 nitrogen and oxygen atoms in total. The Morgan fingerprint density at radius 1 is 1.36 bits per heavy atom. The molecule has 0 radical (unpaired) electrons. The number of para-hydroxylation sites is 1. The summed E-state index contributed by atoms with van der Waals surface area (Å²) in [6.45, 7) is 3.51. The first-order chi connectivity index (χ1) is 6.68. The van der Waals surface area contributed by atoms with Crippen LogP contribution >= 0.6 is 0 Å². The average molecular weight is 187 g/mol. The van der Waals surface area contributed by atoms with Crippen molar-refractivity contribution in [3.8, 4) is 0 Å². The van der Waals surface area contributed by atoms with E-state index >= 15 is 0 Å². The summed E-state index contributed by atoms with van der Waals surface area (Å²) >= 11 is 0. The van der Waals surface area contributed by atoms with Gasteiger partial charge in [-0.1, -0.05) is 24.8 Å². The van der Waals surface area contributed by atoms with Crippen LogP contribution in [0.15, 0.2) is 46.1 Å². The number of benzene rings is 1. The Morgan fingerprint density at radius 2 is 2.07 bits per heavy atom. The molecule has 2 aromatic rings. The van der Waals surface area contributed by atoms with E-state index in [0.717, 1.165) is 5.39 Å². The van der Waals surface area contributed by atoms with Crippen molar-refractivity contribution >= 4 is 16.7 Å². The highest BCUT2D eigenvalue weighted by atomic mass is 16.4. The summed E-state index contributed by atoms with van der Waals surface area (Å²) in [7, 11) is 0. The van der Waals surface area contributed by atoms with Crippen LogP contribution in [-0.2, 0) is 0 Å². The average Bonchev–Trinajstić information content (AvgIpc) is 2.16. The predicted molar refractivity (Wildman–Crippen MR) is 55.7 cm³/mol. The van der Waals surface area contributed by atoms with E-state index in [2.05, 4.69) is 6.58 Å². The summed E-state index contributed by atoms with van der Waals surface area (Å²) in [5, 5.41) is 0.841. The van der Waals surface area contributed by atoms with Gasteiger partial charge in [-0.2, -0.15) is 0 Å². The summed E-state index contributed by atoms with van der Waals surface area (Å²) < 4.78 is 5.06. The molecule has 0 fully saturated rings. The lowest BCUT2D eigenvalue weighted by atomic mass is 10.1. The monoisotopic (exact) mass is 187 g/mol. The third kappa shape index (κ3) is 1.29. The maximum Gasteiger partial charge on any atom is 0.345 e. The van der Waals surface area contributed by atoms with Gasteiger partial charge in [0.2, 0.25) is 0 Å². The van der Waals surface area contributed by atoms with Gasteiger partial charge in [0.1, 0.15) is 5.58 Å². The first-order valence-corrected chi connectivity index (χ1v) is 4.16. The van der Waals surface area contributed by atoms with Crippen molar-refractivity contribution < 1.29 is 4.42 Å². The van der Waals surface area contributed by atoms with Crippen LogP contribution in [0.5, 0.6) is 0 Å². The molecule has 0 spiro atoms. The molecule has 0 bridgehead atoms. The molecule has 1 aromatic carbocycles. The molecule has 0 atom stereocenters. The van der Waals surface area contributed by atoms with Gasteiger partial charge in [-0.3, -0.25) is 0 Å². The molecule has 0 unspecified atom stereocenters. The quantitative estimate of drug-likeness (QED) is 0.691.